The molecule has 2 aliphatic rings. The van der Waals surface area contributed by atoms with Crippen LogP contribution in [0.1, 0.15) is 17.5 Å². The van der Waals surface area contributed by atoms with E-state index in [0.717, 1.165) is 22.6 Å². The maximum Gasteiger partial charge on any atom is 0.292 e. The molecule has 6 heteroatoms. The Labute approximate surface area is 157 Å². The lowest BCUT2D eigenvalue weighted by molar-refractivity contribution is -0.180. The second kappa shape index (κ2) is 6.91. The third kappa shape index (κ3) is 2.96. The summed E-state index contributed by atoms with van der Waals surface area (Å²) in [4.78, 5) is 14.8. The SMILES string of the molecule is Cc1ccc2c(c1)C1(OCCO1)C(=O)N2CCCOc1ccc(Cl)cc1. The third-order valence-corrected chi connectivity index (χ3v) is 4.88. The van der Waals surface area contributed by atoms with Gasteiger partial charge in [-0.2, -0.15) is 0 Å². The van der Waals surface area contributed by atoms with Crippen molar-refractivity contribution >= 4 is 23.2 Å². The van der Waals surface area contributed by atoms with Gasteiger partial charge >= 0.3 is 0 Å². The number of ether oxygens (including phenoxy) is 3. The summed E-state index contributed by atoms with van der Waals surface area (Å²) < 4.78 is 17.2. The fourth-order valence-electron chi connectivity index (χ4n) is 3.41. The van der Waals surface area contributed by atoms with Gasteiger partial charge in [0.2, 0.25) is 0 Å². The van der Waals surface area contributed by atoms with Crippen LogP contribution >= 0.6 is 11.6 Å². The Balaban J connectivity index is 1.45. The lowest BCUT2D eigenvalue weighted by Gasteiger charge is -2.22. The quantitative estimate of drug-likeness (QED) is 0.750. The van der Waals surface area contributed by atoms with Crippen LogP contribution in [0, 0.1) is 6.92 Å². The number of rotatable bonds is 5. The first-order valence-corrected chi connectivity index (χ1v) is 9.07. The fraction of sp³-hybridized carbons (Fsp3) is 0.350. The van der Waals surface area contributed by atoms with Crippen LogP contribution in [0.3, 0.4) is 0 Å². The van der Waals surface area contributed by atoms with Crippen molar-refractivity contribution < 1.29 is 19.0 Å². The first-order valence-electron chi connectivity index (χ1n) is 8.69. The second-order valence-electron chi connectivity index (χ2n) is 6.45. The zero-order valence-corrected chi connectivity index (χ0v) is 15.3. The van der Waals surface area contributed by atoms with Crippen LogP contribution in [0.25, 0.3) is 0 Å². The summed E-state index contributed by atoms with van der Waals surface area (Å²) in [5, 5.41) is 0.675. The monoisotopic (exact) mass is 373 g/mol. The number of benzene rings is 2. The van der Waals surface area contributed by atoms with Crippen molar-refractivity contribution in [2.45, 2.75) is 19.1 Å². The molecule has 1 saturated heterocycles. The van der Waals surface area contributed by atoms with Crippen LogP contribution in [-0.2, 0) is 20.1 Å². The van der Waals surface area contributed by atoms with Gasteiger partial charge in [0.15, 0.2) is 0 Å². The number of aryl methyl sites for hydroxylation is 1. The topological polar surface area (TPSA) is 48.0 Å². The van der Waals surface area contributed by atoms with E-state index in [0.29, 0.717) is 37.8 Å². The van der Waals surface area contributed by atoms with Crippen LogP contribution in [-0.4, -0.2) is 32.3 Å². The number of amides is 1. The Morgan fingerprint density at radius 1 is 1.15 bits per heavy atom. The zero-order chi connectivity index (χ0) is 18.1. The molecule has 1 spiro atoms. The van der Waals surface area contributed by atoms with Crippen molar-refractivity contribution in [3.8, 4) is 5.75 Å². The van der Waals surface area contributed by atoms with Gasteiger partial charge in [0.1, 0.15) is 5.75 Å². The van der Waals surface area contributed by atoms with Crippen molar-refractivity contribution in [1.82, 2.24) is 0 Å². The summed E-state index contributed by atoms with van der Waals surface area (Å²) in [7, 11) is 0. The minimum atomic E-state index is -1.27. The molecular formula is C20H20ClNO4. The maximum atomic E-state index is 13.0. The van der Waals surface area contributed by atoms with Crippen LogP contribution in [0.15, 0.2) is 42.5 Å². The van der Waals surface area contributed by atoms with E-state index >= 15 is 0 Å². The number of hydrogen-bond acceptors (Lipinski definition) is 4. The summed E-state index contributed by atoms with van der Waals surface area (Å²) in [6, 6.07) is 13.2. The molecule has 1 fully saturated rings. The van der Waals surface area contributed by atoms with Crippen LogP contribution < -0.4 is 9.64 Å². The average Bonchev–Trinajstić information content (AvgIpc) is 3.21. The van der Waals surface area contributed by atoms with Gasteiger partial charge in [-0.1, -0.05) is 23.2 Å². The van der Waals surface area contributed by atoms with Crippen LogP contribution in [0.2, 0.25) is 5.02 Å². The smallest absolute Gasteiger partial charge is 0.292 e. The van der Waals surface area contributed by atoms with Gasteiger partial charge in [-0.25, -0.2) is 0 Å². The van der Waals surface area contributed by atoms with E-state index in [1.807, 2.05) is 37.3 Å². The largest absolute Gasteiger partial charge is 0.494 e. The van der Waals surface area contributed by atoms with Gasteiger partial charge < -0.3 is 19.1 Å². The average molecular weight is 374 g/mol. The number of carbonyl (C=O) groups excluding carboxylic acids is 1. The minimum absolute atomic E-state index is 0.151. The number of nitrogens with zero attached hydrogens (tertiary/aromatic N) is 1. The van der Waals surface area contributed by atoms with Crippen molar-refractivity contribution in [1.29, 1.82) is 0 Å². The van der Waals surface area contributed by atoms with Gasteiger partial charge in [0.05, 0.1) is 25.5 Å². The number of fused-ring (bicyclic) bond motifs is 2. The first kappa shape index (κ1) is 17.3. The number of hydrogen-bond donors (Lipinski definition) is 0. The highest BCUT2D eigenvalue weighted by Gasteiger charge is 2.55. The minimum Gasteiger partial charge on any atom is -0.494 e. The van der Waals surface area contributed by atoms with E-state index in [1.165, 1.54) is 0 Å². The first-order chi connectivity index (χ1) is 12.6. The van der Waals surface area contributed by atoms with Crippen molar-refractivity contribution in [3.63, 3.8) is 0 Å². The van der Waals surface area contributed by atoms with E-state index < -0.39 is 5.79 Å². The normalized spacial score (nSPS) is 17.8. The molecule has 0 radical (unpaired) electrons. The molecule has 0 aromatic heterocycles. The fourth-order valence-corrected chi connectivity index (χ4v) is 3.53. The summed E-state index contributed by atoms with van der Waals surface area (Å²) in [6.45, 7) is 3.88. The van der Waals surface area contributed by atoms with E-state index in [2.05, 4.69) is 0 Å². The number of halogens is 1. The predicted octanol–water partition coefficient (Wildman–Crippen LogP) is 3.66. The standard InChI is InChI=1S/C20H20ClNO4/c1-14-3-8-18-17(13-14)20(25-11-12-26-20)19(23)22(18)9-2-10-24-16-6-4-15(21)5-7-16/h3-8,13H,2,9-12H2,1H3. The van der Waals surface area contributed by atoms with E-state index in [-0.39, 0.29) is 5.91 Å². The molecule has 4 rings (SSSR count). The zero-order valence-electron chi connectivity index (χ0n) is 14.5. The number of carbonyl (C=O) groups is 1. The Morgan fingerprint density at radius 3 is 2.62 bits per heavy atom. The molecule has 1 amide bonds. The van der Waals surface area contributed by atoms with Gasteiger partial charge in [-0.3, -0.25) is 4.79 Å². The molecule has 2 aliphatic heterocycles. The van der Waals surface area contributed by atoms with Gasteiger partial charge in [-0.05, 0) is 49.7 Å². The highest BCUT2D eigenvalue weighted by atomic mass is 35.5. The summed E-state index contributed by atoms with van der Waals surface area (Å²) >= 11 is 5.87. The molecule has 0 N–H and O–H groups in total. The summed E-state index contributed by atoms with van der Waals surface area (Å²) in [6.07, 6.45) is 0.692. The van der Waals surface area contributed by atoms with E-state index in [9.17, 15) is 4.79 Å². The highest BCUT2D eigenvalue weighted by molar-refractivity contribution is 6.30. The molecule has 0 atom stereocenters. The molecule has 5 nitrogen and oxygen atoms in total. The van der Waals surface area contributed by atoms with Crippen molar-refractivity contribution in [2.75, 3.05) is 31.3 Å². The molecule has 0 unspecified atom stereocenters. The molecular weight excluding hydrogens is 354 g/mol. The number of anilines is 1. The third-order valence-electron chi connectivity index (χ3n) is 4.63. The molecule has 2 heterocycles. The molecule has 26 heavy (non-hydrogen) atoms. The molecule has 2 aromatic rings. The lowest BCUT2D eigenvalue weighted by atomic mass is 10.0. The van der Waals surface area contributed by atoms with E-state index in [4.69, 9.17) is 25.8 Å². The Bertz CT molecular complexity index is 815. The van der Waals surface area contributed by atoms with Gasteiger partial charge in [0, 0.05) is 17.1 Å². The molecule has 0 saturated carbocycles. The van der Waals surface area contributed by atoms with Crippen LogP contribution in [0.4, 0.5) is 5.69 Å². The van der Waals surface area contributed by atoms with Crippen LogP contribution in [0.5, 0.6) is 5.75 Å². The summed E-state index contributed by atoms with van der Waals surface area (Å²) in [5.74, 6) is -0.655. The Morgan fingerprint density at radius 2 is 1.88 bits per heavy atom. The maximum absolute atomic E-state index is 13.0. The van der Waals surface area contributed by atoms with Crippen molar-refractivity contribution in [3.05, 3.63) is 58.6 Å². The summed E-state index contributed by atoms with van der Waals surface area (Å²) in [5.41, 5.74) is 2.73. The lowest BCUT2D eigenvalue weighted by Crippen LogP contribution is -2.41. The molecule has 0 aliphatic carbocycles. The van der Waals surface area contributed by atoms with Crippen molar-refractivity contribution in [2.24, 2.45) is 0 Å². The predicted molar refractivity (Wildman–Crippen MR) is 98.7 cm³/mol. The Kier molecular flexibility index (Phi) is 4.61. The van der Waals surface area contributed by atoms with E-state index in [1.54, 1.807) is 17.0 Å². The highest BCUT2D eigenvalue weighted by Crippen LogP contribution is 2.46. The van der Waals surface area contributed by atoms with Gasteiger partial charge in [0.25, 0.3) is 11.7 Å². The Hall–Kier alpha value is -2.08. The van der Waals surface area contributed by atoms with Gasteiger partial charge in [-0.15, -0.1) is 0 Å². The molecule has 2 aromatic carbocycles. The second-order valence-corrected chi connectivity index (χ2v) is 6.88. The molecule has 136 valence electrons. The molecule has 0 bridgehead atoms.